The average molecular weight is 194 g/mol. The van der Waals surface area contributed by atoms with Gasteiger partial charge in [0.05, 0.1) is 6.33 Å². The molecule has 2 rings (SSSR count). The molecule has 0 saturated carbocycles. The van der Waals surface area contributed by atoms with Gasteiger partial charge in [0.25, 0.3) is 0 Å². The normalized spacial score (nSPS) is 17.2. The lowest BCUT2D eigenvalue weighted by atomic mass is 10.5. The van der Waals surface area contributed by atoms with Gasteiger partial charge in [0.1, 0.15) is 0 Å². The second kappa shape index (κ2) is 3.83. The maximum absolute atomic E-state index is 4.16. The smallest absolute Gasteiger partial charge is 0.0948 e. The summed E-state index contributed by atoms with van der Waals surface area (Å²) in [6.45, 7) is 3.17. The third-order valence-corrected chi connectivity index (χ3v) is 3.95. The monoisotopic (exact) mass is 194 g/mol. The van der Waals surface area contributed by atoms with Crippen molar-refractivity contribution in [1.29, 1.82) is 0 Å². The summed E-state index contributed by atoms with van der Waals surface area (Å²) >= 11 is 0. The summed E-state index contributed by atoms with van der Waals surface area (Å²) in [6.07, 6.45) is 8.16. The molecule has 2 nitrogen and oxygen atoms in total. The van der Waals surface area contributed by atoms with Gasteiger partial charge in [-0.15, -0.1) is 0 Å². The molecule has 0 radical (unpaired) electrons. The minimum Gasteiger partial charge on any atom is -0.334 e. The molecule has 0 spiro atoms. The van der Waals surface area contributed by atoms with E-state index in [4.69, 9.17) is 0 Å². The quantitative estimate of drug-likeness (QED) is 0.732. The number of nitrogens with zero attached hydrogens (tertiary/aromatic N) is 2. The van der Waals surface area contributed by atoms with Crippen LogP contribution < -0.4 is 0 Å². The lowest BCUT2D eigenvalue weighted by Gasteiger charge is -2.10. The highest BCUT2D eigenvalue weighted by Gasteiger charge is 2.04. The molecule has 0 unspecified atom stereocenters. The largest absolute Gasteiger partial charge is 0.334 e. The van der Waals surface area contributed by atoms with Crippen LogP contribution in [0, 0.1) is 0 Å². The zero-order valence-electron chi connectivity index (χ0n) is 7.72. The summed E-state index contributed by atoms with van der Waals surface area (Å²) in [7, 11) is -0.0395. The van der Waals surface area contributed by atoms with Crippen molar-refractivity contribution >= 4 is 10.9 Å². The third-order valence-electron chi connectivity index (χ3n) is 2.15. The number of rotatable bonds is 3. The zero-order chi connectivity index (χ0) is 9.10. The highest BCUT2D eigenvalue weighted by atomic mass is 32.2. The Morgan fingerprint density at radius 3 is 2.85 bits per heavy atom. The number of imidazole rings is 1. The second-order valence-corrected chi connectivity index (χ2v) is 4.97. The SMILES string of the molecule is CCn1cncc1C[SH]1C=CC=C1. The topological polar surface area (TPSA) is 17.8 Å². The number of hydrogen-bond acceptors (Lipinski definition) is 1. The van der Waals surface area contributed by atoms with E-state index in [-0.39, 0.29) is 10.9 Å². The number of hydrogen-bond donors (Lipinski definition) is 1. The summed E-state index contributed by atoms with van der Waals surface area (Å²) in [4.78, 5) is 4.16. The molecule has 1 aromatic rings. The van der Waals surface area contributed by atoms with Gasteiger partial charge in [0.15, 0.2) is 0 Å². The van der Waals surface area contributed by atoms with Crippen LogP contribution in [0.3, 0.4) is 0 Å². The maximum Gasteiger partial charge on any atom is 0.0948 e. The van der Waals surface area contributed by atoms with Gasteiger partial charge in [-0.1, -0.05) is 12.2 Å². The van der Waals surface area contributed by atoms with Crippen LogP contribution in [0.2, 0.25) is 0 Å². The van der Waals surface area contributed by atoms with E-state index in [0.717, 1.165) is 12.3 Å². The van der Waals surface area contributed by atoms with Crippen LogP contribution in [-0.4, -0.2) is 9.55 Å². The number of aromatic nitrogens is 2. The van der Waals surface area contributed by atoms with Gasteiger partial charge >= 0.3 is 0 Å². The third kappa shape index (κ3) is 1.86. The average Bonchev–Trinajstić information content (AvgIpc) is 2.76. The van der Waals surface area contributed by atoms with Crippen LogP contribution in [-0.2, 0) is 12.3 Å². The number of aryl methyl sites for hydroxylation is 1. The van der Waals surface area contributed by atoms with Gasteiger partial charge in [0, 0.05) is 24.2 Å². The molecule has 13 heavy (non-hydrogen) atoms. The van der Waals surface area contributed by atoms with Crippen LogP contribution in [0.4, 0.5) is 0 Å². The van der Waals surface area contributed by atoms with Gasteiger partial charge in [-0.25, -0.2) is 15.9 Å². The molecular weight excluding hydrogens is 180 g/mol. The van der Waals surface area contributed by atoms with Crippen LogP contribution in [0.15, 0.2) is 35.5 Å². The fourth-order valence-corrected chi connectivity index (χ4v) is 3.02. The van der Waals surface area contributed by atoms with Crippen molar-refractivity contribution in [2.75, 3.05) is 0 Å². The summed E-state index contributed by atoms with van der Waals surface area (Å²) in [5.41, 5.74) is 1.35. The summed E-state index contributed by atoms with van der Waals surface area (Å²) in [5.74, 6) is 1.14. The lowest BCUT2D eigenvalue weighted by Crippen LogP contribution is -1.97. The van der Waals surface area contributed by atoms with E-state index in [2.05, 4.69) is 39.4 Å². The number of thiol groups is 1. The van der Waals surface area contributed by atoms with Crippen molar-refractivity contribution in [3.63, 3.8) is 0 Å². The van der Waals surface area contributed by atoms with E-state index in [9.17, 15) is 0 Å². The molecule has 1 aromatic heterocycles. The standard InChI is InChI=1S/C10H14N2S/c1-2-12-9-11-7-10(12)8-13-5-3-4-6-13/h3-7,9,13H,2,8H2,1H3. The van der Waals surface area contributed by atoms with E-state index in [1.807, 2.05) is 12.5 Å². The Morgan fingerprint density at radius 1 is 1.38 bits per heavy atom. The van der Waals surface area contributed by atoms with Crippen molar-refractivity contribution in [2.45, 2.75) is 19.2 Å². The predicted molar refractivity (Wildman–Crippen MR) is 58.9 cm³/mol. The molecule has 0 saturated heterocycles. The molecule has 0 aromatic carbocycles. The van der Waals surface area contributed by atoms with Crippen molar-refractivity contribution in [3.05, 3.63) is 41.2 Å². The Bertz CT molecular complexity index is 326. The molecule has 1 aliphatic rings. The molecule has 2 heterocycles. The van der Waals surface area contributed by atoms with E-state index in [1.165, 1.54) is 5.69 Å². The predicted octanol–water partition coefficient (Wildman–Crippen LogP) is 2.45. The summed E-state index contributed by atoms with van der Waals surface area (Å²) in [6, 6.07) is 0. The van der Waals surface area contributed by atoms with Gasteiger partial charge in [-0.3, -0.25) is 0 Å². The van der Waals surface area contributed by atoms with Crippen molar-refractivity contribution in [2.24, 2.45) is 0 Å². The van der Waals surface area contributed by atoms with Crippen molar-refractivity contribution in [1.82, 2.24) is 9.55 Å². The molecule has 0 aliphatic carbocycles. The first-order valence-electron chi connectivity index (χ1n) is 4.50. The van der Waals surface area contributed by atoms with E-state index in [0.29, 0.717) is 0 Å². The van der Waals surface area contributed by atoms with E-state index in [1.54, 1.807) is 0 Å². The first-order chi connectivity index (χ1) is 6.40. The second-order valence-electron chi connectivity index (χ2n) is 3.03. The van der Waals surface area contributed by atoms with Crippen LogP contribution >= 0.6 is 10.9 Å². The molecule has 0 N–H and O–H groups in total. The molecule has 0 bridgehead atoms. The van der Waals surface area contributed by atoms with Gasteiger partial charge < -0.3 is 4.57 Å². The highest BCUT2D eigenvalue weighted by Crippen LogP contribution is 2.36. The molecular formula is C10H14N2S. The Labute approximate surface area is 81.3 Å². The Morgan fingerprint density at radius 2 is 2.15 bits per heavy atom. The molecule has 1 aliphatic heterocycles. The van der Waals surface area contributed by atoms with Crippen LogP contribution in [0.5, 0.6) is 0 Å². The van der Waals surface area contributed by atoms with Gasteiger partial charge in [-0.2, -0.15) is 0 Å². The van der Waals surface area contributed by atoms with Crippen molar-refractivity contribution < 1.29 is 0 Å². The number of allylic oxidation sites excluding steroid dienone is 2. The fourth-order valence-electron chi connectivity index (χ4n) is 1.43. The van der Waals surface area contributed by atoms with Gasteiger partial charge in [0.2, 0.25) is 0 Å². The highest BCUT2D eigenvalue weighted by molar-refractivity contribution is 8.21. The molecule has 70 valence electrons. The Balaban J connectivity index is 2.08. The summed E-state index contributed by atoms with van der Waals surface area (Å²) < 4.78 is 2.21. The molecule has 0 amide bonds. The summed E-state index contributed by atoms with van der Waals surface area (Å²) in [5, 5.41) is 4.59. The molecule has 3 heteroatoms. The minimum atomic E-state index is -0.0395. The Kier molecular flexibility index (Phi) is 2.54. The zero-order valence-corrected chi connectivity index (χ0v) is 8.61. The van der Waals surface area contributed by atoms with E-state index >= 15 is 0 Å². The first-order valence-corrected chi connectivity index (χ1v) is 6.16. The van der Waals surface area contributed by atoms with Crippen molar-refractivity contribution in [3.8, 4) is 0 Å². The molecule has 0 fully saturated rings. The van der Waals surface area contributed by atoms with E-state index < -0.39 is 0 Å². The lowest BCUT2D eigenvalue weighted by molar-refractivity contribution is 0.734. The fraction of sp³-hybridized carbons (Fsp3) is 0.300. The first kappa shape index (κ1) is 8.63. The van der Waals surface area contributed by atoms with Crippen LogP contribution in [0.1, 0.15) is 12.6 Å². The Hall–Kier alpha value is -0.960. The maximum atomic E-state index is 4.16. The van der Waals surface area contributed by atoms with Crippen LogP contribution in [0.25, 0.3) is 0 Å². The minimum absolute atomic E-state index is 0.0395. The molecule has 0 atom stereocenters. The van der Waals surface area contributed by atoms with Gasteiger partial charge in [-0.05, 0) is 17.7 Å².